The number of rotatable bonds is 5. The van der Waals surface area contributed by atoms with Crippen molar-refractivity contribution in [3.8, 4) is 0 Å². The molecule has 2 aromatic rings. The summed E-state index contributed by atoms with van der Waals surface area (Å²) in [6.07, 6.45) is 3.56. The lowest BCUT2D eigenvalue weighted by atomic mass is 10.3. The summed E-state index contributed by atoms with van der Waals surface area (Å²) in [6.45, 7) is 6.12. The van der Waals surface area contributed by atoms with Crippen LogP contribution < -0.4 is 5.43 Å². The van der Waals surface area contributed by atoms with Gasteiger partial charge >= 0.3 is 0 Å². The maximum absolute atomic E-state index is 11.8. The SMILES string of the molecule is Cc1nn(CCC(=O)N/N=C/c2cnn(C)c2C)c(C)c1Cl. The molecule has 1 N–H and O–H groups in total. The fourth-order valence-corrected chi connectivity index (χ4v) is 2.11. The van der Waals surface area contributed by atoms with Gasteiger partial charge in [0.25, 0.3) is 0 Å². The Morgan fingerprint density at radius 2 is 2.14 bits per heavy atom. The van der Waals surface area contributed by atoms with Crippen molar-refractivity contribution in [2.75, 3.05) is 0 Å². The fraction of sp³-hybridized carbons (Fsp3) is 0.429. The zero-order chi connectivity index (χ0) is 16.3. The Hall–Kier alpha value is -2.15. The molecular weight excluding hydrogens is 304 g/mol. The van der Waals surface area contributed by atoms with Gasteiger partial charge in [-0.25, -0.2) is 5.43 Å². The van der Waals surface area contributed by atoms with Crippen LogP contribution in [0.5, 0.6) is 0 Å². The number of hydrazone groups is 1. The first kappa shape index (κ1) is 16.2. The molecule has 0 fully saturated rings. The van der Waals surface area contributed by atoms with Crippen molar-refractivity contribution in [2.45, 2.75) is 33.7 Å². The average Bonchev–Trinajstić information content (AvgIpc) is 2.93. The van der Waals surface area contributed by atoms with Gasteiger partial charge in [-0.3, -0.25) is 14.2 Å². The van der Waals surface area contributed by atoms with Crippen LogP contribution in [0.4, 0.5) is 0 Å². The molecule has 0 aromatic carbocycles. The van der Waals surface area contributed by atoms with E-state index in [0.29, 0.717) is 11.6 Å². The summed E-state index contributed by atoms with van der Waals surface area (Å²) in [5, 5.41) is 13.0. The third-order valence-electron chi connectivity index (χ3n) is 3.51. The summed E-state index contributed by atoms with van der Waals surface area (Å²) in [4.78, 5) is 11.8. The fourth-order valence-electron chi connectivity index (χ4n) is 1.97. The van der Waals surface area contributed by atoms with Gasteiger partial charge in [-0.05, 0) is 20.8 Å². The van der Waals surface area contributed by atoms with Crippen molar-refractivity contribution in [1.82, 2.24) is 25.0 Å². The van der Waals surface area contributed by atoms with Crippen molar-refractivity contribution in [2.24, 2.45) is 12.1 Å². The van der Waals surface area contributed by atoms with Crippen molar-refractivity contribution >= 4 is 23.7 Å². The van der Waals surface area contributed by atoms with E-state index in [9.17, 15) is 4.79 Å². The summed E-state index contributed by atoms with van der Waals surface area (Å²) < 4.78 is 3.47. The molecule has 0 radical (unpaired) electrons. The van der Waals surface area contributed by atoms with E-state index < -0.39 is 0 Å². The summed E-state index contributed by atoms with van der Waals surface area (Å²) >= 11 is 6.07. The predicted octanol–water partition coefficient (Wildman–Crippen LogP) is 1.74. The number of aryl methyl sites for hydroxylation is 3. The summed E-state index contributed by atoms with van der Waals surface area (Å²) in [6, 6.07) is 0. The molecule has 0 aliphatic rings. The number of carbonyl (C=O) groups is 1. The number of nitrogens with one attached hydrogen (secondary N) is 1. The third-order valence-corrected chi connectivity index (χ3v) is 4.06. The number of aromatic nitrogens is 4. The lowest BCUT2D eigenvalue weighted by molar-refractivity contribution is -0.121. The molecule has 2 rings (SSSR count). The Morgan fingerprint density at radius 1 is 1.41 bits per heavy atom. The Bertz CT molecular complexity index is 715. The van der Waals surface area contributed by atoms with Crippen molar-refractivity contribution < 1.29 is 4.79 Å². The van der Waals surface area contributed by atoms with Gasteiger partial charge in [-0.2, -0.15) is 15.3 Å². The Labute approximate surface area is 134 Å². The van der Waals surface area contributed by atoms with Crippen LogP contribution in [0.1, 0.15) is 29.1 Å². The van der Waals surface area contributed by atoms with Gasteiger partial charge in [0.2, 0.25) is 5.91 Å². The lowest BCUT2D eigenvalue weighted by Crippen LogP contribution is -2.20. The maximum Gasteiger partial charge on any atom is 0.241 e. The van der Waals surface area contributed by atoms with Crippen LogP contribution in [0, 0.1) is 20.8 Å². The normalized spacial score (nSPS) is 11.3. The van der Waals surface area contributed by atoms with Crippen LogP contribution in [-0.2, 0) is 18.4 Å². The predicted molar refractivity (Wildman–Crippen MR) is 85.0 cm³/mol. The van der Waals surface area contributed by atoms with E-state index in [4.69, 9.17) is 11.6 Å². The van der Waals surface area contributed by atoms with Gasteiger partial charge in [0, 0.05) is 24.7 Å². The molecule has 0 aliphatic heterocycles. The quantitative estimate of drug-likeness (QED) is 0.673. The molecule has 0 aliphatic carbocycles. The first-order valence-electron chi connectivity index (χ1n) is 6.90. The van der Waals surface area contributed by atoms with Gasteiger partial charge < -0.3 is 0 Å². The molecule has 7 nitrogen and oxygen atoms in total. The number of carbonyl (C=O) groups excluding carboxylic acids is 1. The van der Waals surface area contributed by atoms with E-state index >= 15 is 0 Å². The van der Waals surface area contributed by atoms with Crippen LogP contribution in [0.25, 0.3) is 0 Å². The Kier molecular flexibility index (Phi) is 4.97. The molecule has 0 saturated heterocycles. The van der Waals surface area contributed by atoms with Gasteiger partial charge in [0.1, 0.15) is 0 Å². The van der Waals surface area contributed by atoms with Crippen molar-refractivity contribution in [3.05, 3.63) is 33.9 Å². The van der Waals surface area contributed by atoms with Gasteiger partial charge in [0.15, 0.2) is 0 Å². The number of amides is 1. The second-order valence-corrected chi connectivity index (χ2v) is 5.44. The second kappa shape index (κ2) is 6.74. The minimum Gasteiger partial charge on any atom is -0.273 e. The van der Waals surface area contributed by atoms with E-state index in [0.717, 1.165) is 22.6 Å². The average molecular weight is 323 g/mol. The highest BCUT2D eigenvalue weighted by Crippen LogP contribution is 2.18. The lowest BCUT2D eigenvalue weighted by Gasteiger charge is -2.03. The van der Waals surface area contributed by atoms with Gasteiger partial charge in [-0.15, -0.1) is 0 Å². The summed E-state index contributed by atoms with van der Waals surface area (Å²) in [5.41, 5.74) is 5.98. The van der Waals surface area contributed by atoms with Gasteiger partial charge in [-0.1, -0.05) is 11.6 Å². The van der Waals surface area contributed by atoms with E-state index in [1.165, 1.54) is 0 Å². The van der Waals surface area contributed by atoms with Crippen LogP contribution in [0.3, 0.4) is 0 Å². The molecule has 2 heterocycles. The van der Waals surface area contributed by atoms with Crippen LogP contribution in [0.2, 0.25) is 5.02 Å². The van der Waals surface area contributed by atoms with Crippen molar-refractivity contribution in [1.29, 1.82) is 0 Å². The molecule has 0 bridgehead atoms. The summed E-state index contributed by atoms with van der Waals surface area (Å²) in [5.74, 6) is -0.179. The highest BCUT2D eigenvalue weighted by Gasteiger charge is 2.10. The molecule has 2 aromatic heterocycles. The van der Waals surface area contributed by atoms with Crippen LogP contribution >= 0.6 is 11.6 Å². The second-order valence-electron chi connectivity index (χ2n) is 5.06. The minimum absolute atomic E-state index is 0.179. The largest absolute Gasteiger partial charge is 0.273 e. The number of hydrogen-bond acceptors (Lipinski definition) is 4. The third kappa shape index (κ3) is 3.54. The van der Waals surface area contributed by atoms with Crippen LogP contribution in [-0.4, -0.2) is 31.7 Å². The molecule has 8 heteroatoms. The maximum atomic E-state index is 11.8. The molecule has 0 saturated carbocycles. The molecule has 1 amide bonds. The highest BCUT2D eigenvalue weighted by molar-refractivity contribution is 6.31. The zero-order valence-electron chi connectivity index (χ0n) is 13.1. The molecule has 0 unspecified atom stereocenters. The molecular formula is C14H19ClN6O. The zero-order valence-corrected chi connectivity index (χ0v) is 13.8. The minimum atomic E-state index is -0.179. The highest BCUT2D eigenvalue weighted by atomic mass is 35.5. The first-order chi connectivity index (χ1) is 10.4. The Balaban J connectivity index is 1.86. The van der Waals surface area contributed by atoms with E-state index in [2.05, 4.69) is 20.7 Å². The van der Waals surface area contributed by atoms with E-state index in [1.54, 1.807) is 21.8 Å². The number of halogens is 1. The summed E-state index contributed by atoms with van der Waals surface area (Å²) in [7, 11) is 1.85. The first-order valence-corrected chi connectivity index (χ1v) is 7.28. The monoisotopic (exact) mass is 322 g/mol. The van der Waals surface area contributed by atoms with Crippen molar-refractivity contribution in [3.63, 3.8) is 0 Å². The molecule has 0 spiro atoms. The Morgan fingerprint density at radius 3 is 2.68 bits per heavy atom. The standard InChI is InChI=1S/C14H19ClN6O/c1-9-14(15)11(3)21(19-9)6-5-13(22)18-16-7-12-8-17-20(4)10(12)2/h7-8H,5-6H2,1-4H3,(H,18,22)/b16-7+. The number of hydrogen-bond donors (Lipinski definition) is 1. The van der Waals surface area contributed by atoms with E-state index in [-0.39, 0.29) is 12.3 Å². The van der Waals surface area contributed by atoms with Crippen LogP contribution in [0.15, 0.2) is 11.3 Å². The molecule has 118 valence electrons. The topological polar surface area (TPSA) is 77.1 Å². The van der Waals surface area contributed by atoms with Gasteiger partial charge in [0.05, 0.1) is 35.4 Å². The smallest absolute Gasteiger partial charge is 0.241 e. The molecule has 22 heavy (non-hydrogen) atoms. The number of nitrogens with zero attached hydrogens (tertiary/aromatic N) is 5. The van der Waals surface area contributed by atoms with E-state index in [1.807, 2.05) is 27.8 Å². The molecule has 0 atom stereocenters.